The summed E-state index contributed by atoms with van der Waals surface area (Å²) in [4.78, 5) is 26.8. The van der Waals surface area contributed by atoms with Crippen LogP contribution in [0, 0.1) is 13.8 Å². The monoisotopic (exact) mass is 384 g/mol. The molecule has 1 saturated heterocycles. The van der Waals surface area contributed by atoms with E-state index < -0.39 is 16.1 Å². The summed E-state index contributed by atoms with van der Waals surface area (Å²) in [6.07, 6.45) is 0.440. The Hall–Kier alpha value is -2.51. The Bertz CT molecular complexity index is 1030. The van der Waals surface area contributed by atoms with Crippen molar-refractivity contribution in [2.45, 2.75) is 31.2 Å². The van der Waals surface area contributed by atoms with E-state index in [2.05, 4.69) is 0 Å². The van der Waals surface area contributed by atoms with Gasteiger partial charge in [0.25, 0.3) is 11.8 Å². The van der Waals surface area contributed by atoms with Crippen LogP contribution >= 0.6 is 0 Å². The molecule has 2 aromatic carbocycles. The van der Waals surface area contributed by atoms with Gasteiger partial charge in [-0.15, -0.1) is 0 Å². The van der Waals surface area contributed by atoms with E-state index in [1.54, 1.807) is 43.3 Å². The maximum atomic E-state index is 13.0. The number of rotatable bonds is 3. The lowest BCUT2D eigenvalue weighted by atomic mass is 10.1. The molecule has 6 nitrogen and oxygen atoms in total. The highest BCUT2D eigenvalue weighted by Crippen LogP contribution is 2.31. The molecule has 2 aromatic rings. The largest absolute Gasteiger partial charge is 0.270 e. The van der Waals surface area contributed by atoms with Crippen LogP contribution in [0.15, 0.2) is 47.4 Å². The van der Waals surface area contributed by atoms with Gasteiger partial charge in [-0.1, -0.05) is 29.8 Å². The van der Waals surface area contributed by atoms with Crippen LogP contribution in [0.2, 0.25) is 0 Å². The normalized spacial score (nSPS) is 20.4. The van der Waals surface area contributed by atoms with Crippen LogP contribution < -0.4 is 0 Å². The number of amides is 2. The summed E-state index contributed by atoms with van der Waals surface area (Å²) in [5, 5.41) is 0. The Morgan fingerprint density at radius 2 is 1.59 bits per heavy atom. The van der Waals surface area contributed by atoms with Crippen molar-refractivity contribution in [1.29, 1.82) is 0 Å². The average molecular weight is 384 g/mol. The topological polar surface area (TPSA) is 74.8 Å². The maximum absolute atomic E-state index is 13.0. The number of benzene rings is 2. The van der Waals surface area contributed by atoms with Crippen molar-refractivity contribution in [3.63, 3.8) is 0 Å². The fourth-order valence-corrected chi connectivity index (χ4v) is 5.61. The Morgan fingerprint density at radius 1 is 0.963 bits per heavy atom. The minimum atomic E-state index is -3.67. The average Bonchev–Trinajstić information content (AvgIpc) is 3.20. The van der Waals surface area contributed by atoms with Crippen LogP contribution in [0.3, 0.4) is 0 Å². The number of fused-ring (bicyclic) bond motifs is 1. The minimum absolute atomic E-state index is 0.126. The molecule has 7 heteroatoms. The molecular formula is C20H20N2O4S. The summed E-state index contributed by atoms with van der Waals surface area (Å²) in [6.45, 7) is 4.10. The molecule has 2 aliphatic heterocycles. The minimum Gasteiger partial charge on any atom is -0.270 e. The molecule has 0 radical (unpaired) electrons. The fourth-order valence-electron chi connectivity index (χ4n) is 3.91. The van der Waals surface area contributed by atoms with E-state index in [4.69, 9.17) is 0 Å². The second-order valence-electron chi connectivity index (χ2n) is 7.10. The highest BCUT2D eigenvalue weighted by Gasteiger charge is 2.44. The highest BCUT2D eigenvalue weighted by atomic mass is 32.2. The van der Waals surface area contributed by atoms with Gasteiger partial charge in [-0.05, 0) is 44.0 Å². The van der Waals surface area contributed by atoms with Gasteiger partial charge in [0.05, 0.1) is 22.1 Å². The van der Waals surface area contributed by atoms with Crippen LogP contribution in [0.4, 0.5) is 0 Å². The van der Waals surface area contributed by atoms with Crippen molar-refractivity contribution < 1.29 is 18.0 Å². The van der Waals surface area contributed by atoms with Gasteiger partial charge in [-0.25, -0.2) is 8.42 Å². The Labute approximate surface area is 158 Å². The third kappa shape index (κ3) is 2.78. The van der Waals surface area contributed by atoms with Gasteiger partial charge in [0.1, 0.15) is 0 Å². The Kier molecular flexibility index (Phi) is 4.16. The van der Waals surface area contributed by atoms with Crippen LogP contribution in [-0.2, 0) is 10.0 Å². The van der Waals surface area contributed by atoms with Gasteiger partial charge in [0.15, 0.2) is 0 Å². The van der Waals surface area contributed by atoms with Gasteiger partial charge in [0.2, 0.25) is 10.0 Å². The summed E-state index contributed by atoms with van der Waals surface area (Å²) < 4.78 is 27.5. The van der Waals surface area contributed by atoms with E-state index >= 15 is 0 Å². The van der Waals surface area contributed by atoms with E-state index in [0.717, 1.165) is 5.56 Å². The first kappa shape index (κ1) is 17.9. The summed E-state index contributed by atoms with van der Waals surface area (Å²) in [7, 11) is -3.67. The second kappa shape index (κ2) is 6.28. The van der Waals surface area contributed by atoms with Gasteiger partial charge in [-0.3, -0.25) is 14.5 Å². The predicted octanol–water partition coefficient (Wildman–Crippen LogP) is 2.36. The van der Waals surface area contributed by atoms with Crippen LogP contribution in [0.5, 0.6) is 0 Å². The number of hydrogen-bond donors (Lipinski definition) is 0. The van der Waals surface area contributed by atoms with E-state index in [1.807, 2.05) is 13.0 Å². The van der Waals surface area contributed by atoms with Gasteiger partial charge in [0, 0.05) is 13.1 Å². The number of carbonyl (C=O) groups is 2. The maximum Gasteiger partial charge on any atom is 0.261 e. The zero-order valence-corrected chi connectivity index (χ0v) is 16.0. The van der Waals surface area contributed by atoms with Crippen molar-refractivity contribution in [2.24, 2.45) is 0 Å². The number of imide groups is 1. The van der Waals surface area contributed by atoms with Crippen LogP contribution in [0.25, 0.3) is 0 Å². The van der Waals surface area contributed by atoms with Crippen LogP contribution in [0.1, 0.15) is 38.3 Å². The molecule has 2 aliphatic rings. The van der Waals surface area contributed by atoms with Crippen molar-refractivity contribution in [1.82, 2.24) is 9.21 Å². The summed E-state index contributed by atoms with van der Waals surface area (Å²) in [5.74, 6) is -0.683. The van der Waals surface area contributed by atoms with Crippen molar-refractivity contribution >= 4 is 21.8 Å². The first-order chi connectivity index (χ1) is 12.8. The lowest BCUT2D eigenvalue weighted by Gasteiger charge is -2.23. The Morgan fingerprint density at radius 3 is 2.19 bits per heavy atom. The molecule has 27 heavy (non-hydrogen) atoms. The smallest absolute Gasteiger partial charge is 0.261 e. The number of carbonyl (C=O) groups excluding carboxylic acids is 2. The molecule has 2 amide bonds. The molecule has 1 fully saturated rings. The number of aryl methyl sites for hydroxylation is 2. The summed E-state index contributed by atoms with van der Waals surface area (Å²) in [5.41, 5.74) is 2.47. The van der Waals surface area contributed by atoms with E-state index in [9.17, 15) is 18.0 Å². The fraction of sp³-hybridized carbons (Fsp3) is 0.300. The molecule has 1 unspecified atom stereocenters. The quantitative estimate of drug-likeness (QED) is 0.762. The predicted molar refractivity (Wildman–Crippen MR) is 100 cm³/mol. The lowest BCUT2D eigenvalue weighted by Crippen LogP contribution is -2.42. The molecule has 0 aromatic heterocycles. The first-order valence-electron chi connectivity index (χ1n) is 8.85. The van der Waals surface area contributed by atoms with Crippen molar-refractivity contribution in [3.8, 4) is 0 Å². The first-order valence-corrected chi connectivity index (χ1v) is 10.3. The summed E-state index contributed by atoms with van der Waals surface area (Å²) in [6, 6.07) is 11.5. The highest BCUT2D eigenvalue weighted by molar-refractivity contribution is 7.89. The standard InChI is InChI=1S/C20H20N2O4S/c1-13-7-8-18(14(2)11-13)27(25,26)21-10-9-15(12-21)22-19(23)16-5-3-4-6-17(16)20(22)24/h3-8,11,15H,9-10,12H2,1-2H3. The van der Waals surface area contributed by atoms with Crippen molar-refractivity contribution in [2.75, 3.05) is 13.1 Å². The summed E-state index contributed by atoms with van der Waals surface area (Å²) >= 11 is 0. The zero-order chi connectivity index (χ0) is 19.3. The van der Waals surface area contributed by atoms with E-state index in [1.165, 1.54) is 9.21 Å². The molecule has 140 valence electrons. The second-order valence-corrected chi connectivity index (χ2v) is 9.01. The van der Waals surface area contributed by atoms with Gasteiger partial charge in [-0.2, -0.15) is 4.31 Å². The van der Waals surface area contributed by atoms with E-state index in [0.29, 0.717) is 23.1 Å². The molecule has 0 bridgehead atoms. The molecule has 4 rings (SSSR count). The molecular weight excluding hydrogens is 364 g/mol. The molecule has 0 aliphatic carbocycles. The van der Waals surface area contributed by atoms with Crippen molar-refractivity contribution in [3.05, 3.63) is 64.7 Å². The number of sulfonamides is 1. The van der Waals surface area contributed by atoms with E-state index in [-0.39, 0.29) is 29.8 Å². The SMILES string of the molecule is Cc1ccc(S(=O)(=O)N2CCC(N3C(=O)c4ccccc4C3=O)C2)c(C)c1. The molecule has 1 atom stereocenters. The zero-order valence-electron chi connectivity index (χ0n) is 15.2. The molecule has 0 saturated carbocycles. The number of nitrogens with zero attached hydrogens (tertiary/aromatic N) is 2. The van der Waals surface area contributed by atoms with Gasteiger partial charge < -0.3 is 0 Å². The van der Waals surface area contributed by atoms with Crippen LogP contribution in [-0.4, -0.2) is 48.6 Å². The molecule has 0 spiro atoms. The van der Waals surface area contributed by atoms with Gasteiger partial charge >= 0.3 is 0 Å². The molecule has 2 heterocycles. The third-order valence-electron chi connectivity index (χ3n) is 5.26. The lowest BCUT2D eigenvalue weighted by molar-refractivity contribution is 0.0593. The third-order valence-corrected chi connectivity index (χ3v) is 7.29. The number of hydrogen-bond acceptors (Lipinski definition) is 4. The molecule has 0 N–H and O–H groups in total. The Balaban J connectivity index is 1.59.